The van der Waals surface area contributed by atoms with Crippen molar-refractivity contribution in [2.45, 2.75) is 19.1 Å². The summed E-state index contributed by atoms with van der Waals surface area (Å²) in [6.45, 7) is -0.481. The largest absolute Gasteiger partial charge is 0.574 e. The van der Waals surface area contributed by atoms with Crippen molar-refractivity contribution in [2.24, 2.45) is 5.73 Å². The van der Waals surface area contributed by atoms with E-state index in [0.717, 1.165) is 0 Å². The summed E-state index contributed by atoms with van der Waals surface area (Å²) < 4.78 is 76.3. The zero-order chi connectivity index (χ0) is 14.1. The van der Waals surface area contributed by atoms with Gasteiger partial charge in [0.2, 0.25) is 5.88 Å². The Hall–Kier alpha value is -1.71. The van der Waals surface area contributed by atoms with Crippen molar-refractivity contribution in [3.05, 3.63) is 17.3 Å². The highest BCUT2D eigenvalue weighted by molar-refractivity contribution is 5.56. The molecule has 0 amide bonds. The molecule has 0 atom stereocenters. The van der Waals surface area contributed by atoms with Crippen LogP contribution in [0.2, 0.25) is 0 Å². The summed E-state index contributed by atoms with van der Waals surface area (Å²) in [4.78, 5) is 2.69. The Morgan fingerprint density at radius 2 is 1.72 bits per heavy atom. The second kappa shape index (κ2) is 4.52. The van der Waals surface area contributed by atoms with Crippen LogP contribution < -0.4 is 16.2 Å². The molecule has 0 fully saturated rings. The van der Waals surface area contributed by atoms with Crippen molar-refractivity contribution in [3.63, 3.8) is 0 Å². The number of aromatic nitrogens is 1. The number of hydrogen-bond donors (Lipinski definition) is 2. The molecule has 10 heteroatoms. The van der Waals surface area contributed by atoms with Gasteiger partial charge in [-0.3, -0.25) is 0 Å². The molecule has 4 nitrogen and oxygen atoms in total. The van der Waals surface area contributed by atoms with Gasteiger partial charge in [-0.25, -0.2) is 4.98 Å². The number of nitrogens with two attached hydrogens (primary N) is 2. The fourth-order valence-corrected chi connectivity index (χ4v) is 1.08. The number of pyridine rings is 1. The lowest BCUT2D eigenvalue weighted by atomic mass is 10.2. The van der Waals surface area contributed by atoms with Gasteiger partial charge >= 0.3 is 12.5 Å². The Labute approximate surface area is 96.5 Å². The molecule has 0 spiro atoms. The van der Waals surface area contributed by atoms with Crippen LogP contribution in [-0.2, 0) is 12.7 Å². The molecule has 0 saturated heterocycles. The topological polar surface area (TPSA) is 74.2 Å². The first kappa shape index (κ1) is 14.4. The molecule has 1 heterocycles. The standard InChI is InChI=1S/C8H7F6N3O/c9-7(10,11)4-1-3(2-15)5(16)6(17-4)18-8(12,13)14/h1H,2,15-16H2. The van der Waals surface area contributed by atoms with E-state index in [1.165, 1.54) is 0 Å². The summed E-state index contributed by atoms with van der Waals surface area (Å²) in [5, 5.41) is 0. The lowest BCUT2D eigenvalue weighted by Gasteiger charge is -2.15. The van der Waals surface area contributed by atoms with E-state index < -0.39 is 36.3 Å². The first-order chi connectivity index (χ1) is 8.04. The number of halogens is 6. The quantitative estimate of drug-likeness (QED) is 0.810. The van der Waals surface area contributed by atoms with Gasteiger partial charge < -0.3 is 16.2 Å². The van der Waals surface area contributed by atoms with Crippen LogP contribution in [-0.4, -0.2) is 11.3 Å². The third-order valence-electron chi connectivity index (χ3n) is 1.83. The zero-order valence-electron chi connectivity index (χ0n) is 8.56. The lowest BCUT2D eigenvalue weighted by molar-refractivity contribution is -0.276. The predicted molar refractivity (Wildman–Crippen MR) is 48.2 cm³/mol. The molecule has 0 aliphatic heterocycles. The van der Waals surface area contributed by atoms with Gasteiger partial charge in [-0.2, -0.15) is 13.2 Å². The van der Waals surface area contributed by atoms with Crippen LogP contribution in [0, 0.1) is 0 Å². The van der Waals surface area contributed by atoms with Gasteiger partial charge in [0.25, 0.3) is 0 Å². The molecule has 0 bridgehead atoms. The van der Waals surface area contributed by atoms with E-state index in [-0.39, 0.29) is 5.56 Å². The molecule has 4 N–H and O–H groups in total. The molecule has 18 heavy (non-hydrogen) atoms. The Morgan fingerprint density at radius 1 is 1.17 bits per heavy atom. The van der Waals surface area contributed by atoms with E-state index in [1.54, 1.807) is 0 Å². The van der Waals surface area contributed by atoms with Gasteiger partial charge in [-0.05, 0) is 11.6 Å². The van der Waals surface area contributed by atoms with Crippen molar-refractivity contribution in [1.29, 1.82) is 0 Å². The maximum Gasteiger partial charge on any atom is 0.574 e. The Bertz CT molecular complexity index is 442. The van der Waals surface area contributed by atoms with Gasteiger partial charge in [-0.1, -0.05) is 0 Å². The average Bonchev–Trinajstić information content (AvgIpc) is 2.17. The monoisotopic (exact) mass is 275 g/mol. The van der Waals surface area contributed by atoms with Gasteiger partial charge in [0, 0.05) is 6.54 Å². The summed E-state index contributed by atoms with van der Waals surface area (Å²) in [5.74, 6) is -1.36. The molecule has 0 aliphatic rings. The van der Waals surface area contributed by atoms with Crippen LogP contribution in [0.4, 0.5) is 32.0 Å². The molecule has 0 unspecified atom stereocenters. The molecule has 0 aliphatic carbocycles. The minimum atomic E-state index is -5.20. The number of rotatable bonds is 2. The van der Waals surface area contributed by atoms with Crippen LogP contribution in [0.25, 0.3) is 0 Å². The van der Waals surface area contributed by atoms with Crippen molar-refractivity contribution >= 4 is 5.69 Å². The first-order valence-electron chi connectivity index (χ1n) is 4.37. The Morgan fingerprint density at radius 3 is 2.11 bits per heavy atom. The summed E-state index contributed by atoms with van der Waals surface area (Å²) in [7, 11) is 0. The average molecular weight is 275 g/mol. The van der Waals surface area contributed by atoms with E-state index in [1.807, 2.05) is 0 Å². The van der Waals surface area contributed by atoms with Crippen molar-refractivity contribution < 1.29 is 31.1 Å². The van der Waals surface area contributed by atoms with Gasteiger partial charge in [0.05, 0.1) is 5.69 Å². The van der Waals surface area contributed by atoms with E-state index in [2.05, 4.69) is 9.72 Å². The maximum absolute atomic E-state index is 12.4. The fraction of sp³-hybridized carbons (Fsp3) is 0.375. The van der Waals surface area contributed by atoms with E-state index >= 15 is 0 Å². The molecule has 1 aromatic rings. The van der Waals surface area contributed by atoms with Crippen molar-refractivity contribution in [3.8, 4) is 5.88 Å². The number of ether oxygens (including phenoxy) is 1. The van der Waals surface area contributed by atoms with Gasteiger partial charge in [0.15, 0.2) is 0 Å². The second-order valence-electron chi connectivity index (χ2n) is 3.14. The van der Waals surface area contributed by atoms with Crippen LogP contribution >= 0.6 is 0 Å². The van der Waals surface area contributed by atoms with E-state index in [0.29, 0.717) is 6.07 Å². The molecule has 0 aromatic carbocycles. The van der Waals surface area contributed by atoms with Crippen LogP contribution in [0.5, 0.6) is 5.88 Å². The highest BCUT2D eigenvalue weighted by Crippen LogP contribution is 2.35. The van der Waals surface area contributed by atoms with Crippen LogP contribution in [0.3, 0.4) is 0 Å². The first-order valence-corrected chi connectivity index (χ1v) is 4.37. The molecule has 1 rings (SSSR count). The summed E-state index contributed by atoms with van der Waals surface area (Å²) >= 11 is 0. The SMILES string of the molecule is NCc1cc(C(F)(F)F)nc(OC(F)(F)F)c1N. The van der Waals surface area contributed by atoms with Crippen LogP contribution in [0.15, 0.2) is 6.07 Å². The van der Waals surface area contributed by atoms with E-state index in [4.69, 9.17) is 11.5 Å². The molecular formula is C8H7F6N3O. The minimum absolute atomic E-state index is 0.337. The molecule has 102 valence electrons. The molecular weight excluding hydrogens is 268 g/mol. The smallest absolute Gasteiger partial charge is 0.394 e. The lowest BCUT2D eigenvalue weighted by Crippen LogP contribution is -2.21. The van der Waals surface area contributed by atoms with E-state index in [9.17, 15) is 26.3 Å². The number of nitrogen functional groups attached to an aromatic ring is 1. The maximum atomic E-state index is 12.4. The number of hydrogen-bond acceptors (Lipinski definition) is 4. The molecule has 0 saturated carbocycles. The zero-order valence-corrected chi connectivity index (χ0v) is 8.56. The summed E-state index contributed by atoms with van der Waals surface area (Å²) in [5.41, 5.74) is 7.69. The number of alkyl halides is 6. The van der Waals surface area contributed by atoms with Gasteiger partial charge in [-0.15, -0.1) is 13.2 Å². The normalized spacial score (nSPS) is 12.6. The summed E-state index contributed by atoms with van der Waals surface area (Å²) in [6.07, 6.45) is -10.1. The number of anilines is 1. The Balaban J connectivity index is 3.32. The third kappa shape index (κ3) is 3.39. The Kier molecular flexibility index (Phi) is 3.60. The highest BCUT2D eigenvalue weighted by Gasteiger charge is 2.37. The van der Waals surface area contributed by atoms with Gasteiger partial charge in [0.1, 0.15) is 5.69 Å². The molecule has 1 aromatic heterocycles. The minimum Gasteiger partial charge on any atom is -0.394 e. The van der Waals surface area contributed by atoms with Crippen molar-refractivity contribution in [2.75, 3.05) is 5.73 Å². The summed E-state index contributed by atoms with van der Waals surface area (Å²) in [6, 6.07) is 0.471. The molecule has 0 radical (unpaired) electrons. The van der Waals surface area contributed by atoms with Crippen molar-refractivity contribution in [1.82, 2.24) is 4.98 Å². The van der Waals surface area contributed by atoms with Crippen LogP contribution in [0.1, 0.15) is 11.3 Å². The predicted octanol–water partition coefficient (Wildman–Crippen LogP) is 2.04. The highest BCUT2D eigenvalue weighted by atomic mass is 19.4. The third-order valence-corrected chi connectivity index (χ3v) is 1.83. The number of nitrogens with zero attached hydrogens (tertiary/aromatic N) is 1. The fourth-order valence-electron chi connectivity index (χ4n) is 1.08. The second-order valence-corrected chi connectivity index (χ2v) is 3.14.